The van der Waals surface area contributed by atoms with Crippen molar-refractivity contribution in [2.45, 2.75) is 56.6 Å². The molecule has 0 saturated carbocycles. The predicted octanol–water partition coefficient (Wildman–Crippen LogP) is 3.41. The van der Waals surface area contributed by atoms with Crippen LogP contribution in [0.1, 0.15) is 50.5 Å². The average molecular weight is 645 g/mol. The van der Waals surface area contributed by atoms with Gasteiger partial charge in [0.05, 0.1) is 44.2 Å². The molecule has 240 valence electrons. The first kappa shape index (κ1) is 36.3. The third-order valence-corrected chi connectivity index (χ3v) is 8.98. The van der Waals surface area contributed by atoms with Crippen LogP contribution >= 0.6 is 21.6 Å². The SMILES string of the molecule is O=C(CCC(=O)OCCOC(=O)CCCCC1CCSS1)NCCOCCOCCOC(=O)Cc1ccc([N+](=O)[O-])cc1. The maximum atomic E-state index is 11.9. The van der Waals surface area contributed by atoms with Gasteiger partial charge in [0.15, 0.2) is 0 Å². The Morgan fingerprint density at radius 1 is 0.814 bits per heavy atom. The fraction of sp³-hybridized carbons (Fsp3) is 0.643. The number of nitro benzene ring substituents is 1. The summed E-state index contributed by atoms with van der Waals surface area (Å²) in [5.74, 6) is -0.404. The Hall–Kier alpha value is -2.88. The second kappa shape index (κ2) is 22.6. The molecule has 0 aliphatic carbocycles. The van der Waals surface area contributed by atoms with Crippen molar-refractivity contribution in [1.82, 2.24) is 5.32 Å². The quantitative estimate of drug-likeness (QED) is 0.0460. The van der Waals surface area contributed by atoms with Gasteiger partial charge in [-0.1, -0.05) is 40.1 Å². The average Bonchev–Trinajstić information content (AvgIpc) is 3.51. The van der Waals surface area contributed by atoms with Gasteiger partial charge in [-0.15, -0.1) is 0 Å². The van der Waals surface area contributed by atoms with Gasteiger partial charge in [-0.25, -0.2) is 0 Å². The van der Waals surface area contributed by atoms with Crippen LogP contribution < -0.4 is 5.32 Å². The van der Waals surface area contributed by atoms with Crippen LogP contribution in [0.15, 0.2) is 24.3 Å². The summed E-state index contributed by atoms with van der Waals surface area (Å²) in [5, 5.41) is 14.0. The van der Waals surface area contributed by atoms with Crippen LogP contribution in [0.3, 0.4) is 0 Å². The van der Waals surface area contributed by atoms with E-state index in [9.17, 15) is 29.3 Å². The second-order valence-corrected chi connectivity index (χ2v) is 12.2. The highest BCUT2D eigenvalue weighted by molar-refractivity contribution is 8.77. The van der Waals surface area contributed by atoms with Crippen LogP contribution in [0.5, 0.6) is 0 Å². The van der Waals surface area contributed by atoms with E-state index in [2.05, 4.69) is 5.32 Å². The lowest BCUT2D eigenvalue weighted by molar-refractivity contribution is -0.384. The minimum Gasteiger partial charge on any atom is -0.463 e. The summed E-state index contributed by atoms with van der Waals surface area (Å²) in [6, 6.07) is 5.67. The van der Waals surface area contributed by atoms with Crippen molar-refractivity contribution in [3.05, 3.63) is 39.9 Å². The topological polar surface area (TPSA) is 170 Å². The maximum absolute atomic E-state index is 11.9. The minimum atomic E-state index is -0.538. The summed E-state index contributed by atoms with van der Waals surface area (Å²) in [7, 11) is 3.84. The largest absolute Gasteiger partial charge is 0.463 e. The molecule has 0 radical (unpaired) electrons. The van der Waals surface area contributed by atoms with Gasteiger partial charge in [0.2, 0.25) is 5.91 Å². The zero-order valence-corrected chi connectivity index (χ0v) is 25.8. The van der Waals surface area contributed by atoms with Gasteiger partial charge in [0, 0.05) is 42.5 Å². The Bertz CT molecular complexity index is 1000. The Morgan fingerprint density at radius 3 is 2.12 bits per heavy atom. The summed E-state index contributed by atoms with van der Waals surface area (Å²) in [4.78, 5) is 57.3. The Kier molecular flexibility index (Phi) is 19.1. The number of nitrogens with zero attached hydrogens (tertiary/aromatic N) is 1. The lowest BCUT2D eigenvalue weighted by Gasteiger charge is -2.09. The number of carbonyl (C=O) groups is 4. The lowest BCUT2D eigenvalue weighted by atomic mass is 10.1. The number of non-ortho nitro benzene ring substituents is 1. The molecule has 0 spiro atoms. The number of rotatable bonds is 23. The number of nitro groups is 1. The van der Waals surface area contributed by atoms with Crippen molar-refractivity contribution in [2.75, 3.05) is 58.5 Å². The highest BCUT2D eigenvalue weighted by Gasteiger charge is 2.16. The zero-order valence-electron chi connectivity index (χ0n) is 24.2. The molecule has 0 bridgehead atoms. The third kappa shape index (κ3) is 18.4. The molecule has 15 heteroatoms. The van der Waals surface area contributed by atoms with Gasteiger partial charge >= 0.3 is 17.9 Å². The van der Waals surface area contributed by atoms with Crippen LogP contribution in [0.4, 0.5) is 5.69 Å². The van der Waals surface area contributed by atoms with Crippen LogP contribution in [-0.4, -0.2) is 92.5 Å². The van der Waals surface area contributed by atoms with Crippen molar-refractivity contribution in [1.29, 1.82) is 0 Å². The van der Waals surface area contributed by atoms with Crippen LogP contribution in [0, 0.1) is 10.1 Å². The smallest absolute Gasteiger partial charge is 0.310 e. The standard InChI is InChI=1S/C28H40N2O11S2/c31-25(9-10-27(33)40-19-18-39-26(32)4-2-1-3-24-11-20-42-43-24)29-12-13-37-14-15-38-16-17-41-28(34)21-22-5-7-23(8-6-22)30(35)36/h5-8,24H,1-4,9-21H2,(H,29,31). The first-order valence-electron chi connectivity index (χ1n) is 14.2. The van der Waals surface area contributed by atoms with E-state index in [1.807, 2.05) is 21.6 Å². The number of hydrogen-bond donors (Lipinski definition) is 1. The van der Waals surface area contributed by atoms with E-state index in [0.29, 0.717) is 17.2 Å². The molecule has 1 N–H and O–H groups in total. The summed E-state index contributed by atoms with van der Waals surface area (Å²) in [6.07, 6.45) is 4.42. The third-order valence-electron chi connectivity index (χ3n) is 5.98. The van der Waals surface area contributed by atoms with Gasteiger partial charge in [-0.3, -0.25) is 29.3 Å². The molecule has 1 aromatic carbocycles. The molecule has 0 aromatic heterocycles. The Labute approximate surface area is 259 Å². The number of ether oxygens (including phenoxy) is 5. The first-order valence-corrected chi connectivity index (χ1v) is 16.6. The second-order valence-electron chi connectivity index (χ2n) is 9.41. The fourth-order valence-corrected chi connectivity index (χ4v) is 6.74. The van der Waals surface area contributed by atoms with Crippen molar-refractivity contribution in [3.8, 4) is 0 Å². The van der Waals surface area contributed by atoms with E-state index < -0.39 is 16.9 Å². The number of benzene rings is 1. The Balaban J connectivity index is 1.32. The fourth-order valence-electron chi connectivity index (χ4n) is 3.72. The number of unbranched alkanes of at least 4 members (excludes halogenated alkanes) is 1. The highest BCUT2D eigenvalue weighted by Crippen LogP contribution is 2.39. The van der Waals surface area contributed by atoms with Gasteiger partial charge in [-0.05, 0) is 24.8 Å². The Morgan fingerprint density at radius 2 is 1.44 bits per heavy atom. The highest BCUT2D eigenvalue weighted by atomic mass is 33.1. The lowest BCUT2D eigenvalue weighted by Crippen LogP contribution is -2.28. The molecule has 2 rings (SSSR count). The molecule has 43 heavy (non-hydrogen) atoms. The number of nitrogens with one attached hydrogen (secondary N) is 1. The van der Waals surface area contributed by atoms with Crippen LogP contribution in [0.2, 0.25) is 0 Å². The molecule has 1 unspecified atom stereocenters. The van der Waals surface area contributed by atoms with E-state index >= 15 is 0 Å². The van der Waals surface area contributed by atoms with Crippen molar-refractivity contribution in [2.24, 2.45) is 0 Å². The van der Waals surface area contributed by atoms with Gasteiger partial charge in [0.1, 0.15) is 19.8 Å². The summed E-state index contributed by atoms with van der Waals surface area (Å²) in [6.45, 7) is 1.29. The van der Waals surface area contributed by atoms with E-state index in [-0.39, 0.29) is 89.6 Å². The monoisotopic (exact) mass is 644 g/mol. The normalized spacial score (nSPS) is 14.2. The molecule has 1 aliphatic rings. The minimum absolute atomic E-state index is 0.00235. The van der Waals surface area contributed by atoms with E-state index in [0.717, 1.165) is 19.3 Å². The number of esters is 3. The van der Waals surface area contributed by atoms with Crippen molar-refractivity contribution >= 4 is 51.1 Å². The molecule has 1 aliphatic heterocycles. The van der Waals surface area contributed by atoms with Gasteiger partial charge in [-0.2, -0.15) is 0 Å². The molecular formula is C28H40N2O11S2. The molecule has 1 fully saturated rings. The summed E-state index contributed by atoms with van der Waals surface area (Å²) >= 11 is 0. The van der Waals surface area contributed by atoms with Gasteiger partial charge < -0.3 is 29.0 Å². The number of hydrogen-bond acceptors (Lipinski definition) is 13. The van der Waals surface area contributed by atoms with Crippen molar-refractivity contribution < 1.29 is 47.8 Å². The first-order chi connectivity index (χ1) is 20.8. The maximum Gasteiger partial charge on any atom is 0.310 e. The predicted molar refractivity (Wildman–Crippen MR) is 160 cm³/mol. The van der Waals surface area contributed by atoms with Crippen LogP contribution in [-0.2, 0) is 49.3 Å². The number of amides is 1. The molecule has 1 aromatic rings. The summed E-state index contributed by atoms with van der Waals surface area (Å²) < 4.78 is 25.8. The summed E-state index contributed by atoms with van der Waals surface area (Å²) in [5.41, 5.74) is 0.565. The molecule has 1 saturated heterocycles. The molecule has 1 heterocycles. The van der Waals surface area contributed by atoms with Crippen molar-refractivity contribution in [3.63, 3.8) is 0 Å². The van der Waals surface area contributed by atoms with E-state index in [4.69, 9.17) is 23.7 Å². The van der Waals surface area contributed by atoms with Gasteiger partial charge in [0.25, 0.3) is 5.69 Å². The van der Waals surface area contributed by atoms with E-state index in [1.165, 1.54) is 36.4 Å². The zero-order chi connectivity index (χ0) is 31.1. The molecule has 13 nitrogen and oxygen atoms in total. The molecule has 1 atom stereocenters. The number of carbonyl (C=O) groups excluding carboxylic acids is 4. The molecule has 1 amide bonds. The van der Waals surface area contributed by atoms with Crippen LogP contribution in [0.25, 0.3) is 0 Å². The van der Waals surface area contributed by atoms with E-state index in [1.54, 1.807) is 0 Å². The molecular weight excluding hydrogens is 604 g/mol.